The molecule has 1 saturated heterocycles. The number of piperidine rings is 1. The van der Waals surface area contributed by atoms with Crippen molar-refractivity contribution in [2.75, 3.05) is 18.0 Å². The number of ether oxygens (including phenoxy) is 1. The Morgan fingerprint density at radius 1 is 1.28 bits per heavy atom. The summed E-state index contributed by atoms with van der Waals surface area (Å²) in [6.07, 6.45) is 4.74. The predicted octanol–water partition coefficient (Wildman–Crippen LogP) is 2.96. The van der Waals surface area contributed by atoms with E-state index >= 15 is 0 Å². The van der Waals surface area contributed by atoms with Crippen molar-refractivity contribution in [3.05, 3.63) is 40.6 Å². The Bertz CT molecular complexity index is 830. The minimum atomic E-state index is -0.313. The summed E-state index contributed by atoms with van der Waals surface area (Å²) in [5, 5.41) is 7.76. The number of halogens is 2. The molecular weight excluding hydrogens is 393 g/mol. The van der Waals surface area contributed by atoms with Crippen molar-refractivity contribution in [1.29, 1.82) is 0 Å². The van der Waals surface area contributed by atoms with Crippen molar-refractivity contribution in [2.45, 2.75) is 18.9 Å². The molecule has 0 aliphatic carbocycles. The maximum atomic E-state index is 13.4. The zero-order chi connectivity index (χ0) is 17.2. The molecule has 1 radical (unpaired) electrons. The summed E-state index contributed by atoms with van der Waals surface area (Å²) in [5.74, 6) is 1.16. The summed E-state index contributed by atoms with van der Waals surface area (Å²) in [6.45, 7) is 1.46. The lowest BCUT2D eigenvalue weighted by atomic mass is 10.1. The van der Waals surface area contributed by atoms with E-state index in [4.69, 9.17) is 9.26 Å². The number of hydrogen-bond acceptors (Lipinski definition) is 6. The van der Waals surface area contributed by atoms with E-state index in [0.717, 1.165) is 30.4 Å². The molecule has 1 fully saturated rings. The van der Waals surface area contributed by atoms with Gasteiger partial charge in [-0.2, -0.15) is 15.5 Å². The third-order valence-electron chi connectivity index (χ3n) is 4.03. The SMILES string of the molecule is Fc1ccc(Br)c(OC2CCN(c3noc(C4=C[N]N=C4)n3)CC2)c1. The van der Waals surface area contributed by atoms with Crippen LogP contribution in [0.4, 0.5) is 10.3 Å². The summed E-state index contributed by atoms with van der Waals surface area (Å²) in [5.41, 5.74) is 4.45. The van der Waals surface area contributed by atoms with Crippen molar-refractivity contribution in [2.24, 2.45) is 5.10 Å². The van der Waals surface area contributed by atoms with Gasteiger partial charge in [0, 0.05) is 32.0 Å². The quantitative estimate of drug-likeness (QED) is 0.779. The molecular formula is C16H14BrFN5O2. The van der Waals surface area contributed by atoms with Gasteiger partial charge in [-0.15, -0.1) is 0 Å². The summed E-state index contributed by atoms with van der Waals surface area (Å²) >= 11 is 3.38. The molecule has 9 heteroatoms. The van der Waals surface area contributed by atoms with Crippen LogP contribution in [0.2, 0.25) is 0 Å². The summed E-state index contributed by atoms with van der Waals surface area (Å²) in [7, 11) is 0. The smallest absolute Gasteiger partial charge is 0.266 e. The molecule has 1 aromatic carbocycles. The molecule has 2 aromatic rings. The molecule has 3 heterocycles. The van der Waals surface area contributed by atoms with E-state index in [2.05, 4.69) is 36.6 Å². The minimum Gasteiger partial charge on any atom is -0.489 e. The van der Waals surface area contributed by atoms with E-state index in [9.17, 15) is 4.39 Å². The molecule has 0 spiro atoms. The molecule has 0 N–H and O–H groups in total. The summed E-state index contributed by atoms with van der Waals surface area (Å²) < 4.78 is 25.3. The molecule has 7 nitrogen and oxygen atoms in total. The number of anilines is 1. The predicted molar refractivity (Wildman–Crippen MR) is 92.9 cm³/mol. The first-order valence-electron chi connectivity index (χ1n) is 7.83. The van der Waals surface area contributed by atoms with Crippen LogP contribution in [0.5, 0.6) is 5.75 Å². The van der Waals surface area contributed by atoms with Gasteiger partial charge in [0.15, 0.2) is 0 Å². The third-order valence-corrected chi connectivity index (χ3v) is 4.69. The van der Waals surface area contributed by atoms with Gasteiger partial charge in [-0.05, 0) is 33.2 Å². The Balaban J connectivity index is 1.37. The minimum absolute atomic E-state index is 0.0178. The molecule has 0 amide bonds. The van der Waals surface area contributed by atoms with Crippen LogP contribution < -0.4 is 15.1 Å². The highest BCUT2D eigenvalue weighted by Gasteiger charge is 2.25. The fourth-order valence-electron chi connectivity index (χ4n) is 2.72. The molecule has 2 aliphatic rings. The number of nitrogens with zero attached hydrogens (tertiary/aromatic N) is 5. The Kier molecular flexibility index (Phi) is 4.39. The Labute approximate surface area is 151 Å². The van der Waals surface area contributed by atoms with Gasteiger partial charge in [-0.1, -0.05) is 0 Å². The number of rotatable bonds is 4. The van der Waals surface area contributed by atoms with Gasteiger partial charge >= 0.3 is 0 Å². The van der Waals surface area contributed by atoms with Crippen molar-refractivity contribution < 1.29 is 13.7 Å². The zero-order valence-corrected chi connectivity index (χ0v) is 14.7. The first kappa shape index (κ1) is 16.1. The van der Waals surface area contributed by atoms with E-state index in [1.807, 2.05) is 4.90 Å². The van der Waals surface area contributed by atoms with Crippen LogP contribution in [0.3, 0.4) is 0 Å². The van der Waals surface area contributed by atoms with Crippen molar-refractivity contribution in [3.8, 4) is 5.75 Å². The second kappa shape index (κ2) is 6.83. The van der Waals surface area contributed by atoms with E-state index in [-0.39, 0.29) is 11.9 Å². The highest BCUT2D eigenvalue weighted by atomic mass is 79.9. The maximum Gasteiger partial charge on any atom is 0.266 e. The molecule has 0 unspecified atom stereocenters. The second-order valence-corrected chi connectivity index (χ2v) is 6.58. The van der Waals surface area contributed by atoms with E-state index in [1.165, 1.54) is 12.1 Å². The largest absolute Gasteiger partial charge is 0.489 e. The average molecular weight is 407 g/mol. The molecule has 0 bridgehead atoms. The van der Waals surface area contributed by atoms with E-state index in [0.29, 0.717) is 23.2 Å². The maximum absolute atomic E-state index is 13.4. The number of benzene rings is 1. The van der Waals surface area contributed by atoms with Crippen LogP contribution in [0, 0.1) is 5.82 Å². The van der Waals surface area contributed by atoms with Crippen LogP contribution in [-0.4, -0.2) is 35.5 Å². The van der Waals surface area contributed by atoms with Gasteiger partial charge in [0.05, 0.1) is 22.5 Å². The third kappa shape index (κ3) is 3.51. The lowest BCUT2D eigenvalue weighted by Gasteiger charge is -2.31. The Morgan fingerprint density at radius 3 is 2.88 bits per heavy atom. The van der Waals surface area contributed by atoms with Crippen LogP contribution in [0.15, 0.2) is 38.5 Å². The van der Waals surface area contributed by atoms with Crippen LogP contribution in [0.1, 0.15) is 18.7 Å². The van der Waals surface area contributed by atoms with Gasteiger partial charge in [-0.25, -0.2) is 4.39 Å². The lowest BCUT2D eigenvalue weighted by Crippen LogP contribution is -2.38. The number of allylic oxidation sites excluding steroid dienone is 1. The van der Waals surface area contributed by atoms with E-state index in [1.54, 1.807) is 18.5 Å². The standard InChI is InChI=1S/C16H14BrFN5O2/c17-13-2-1-11(18)7-14(13)24-12-3-5-23(6-4-12)16-21-15(25-22-16)10-8-19-20-9-10/h1-2,7-9,12H,3-6H2. The highest BCUT2D eigenvalue weighted by Crippen LogP contribution is 2.29. The van der Waals surface area contributed by atoms with Crippen molar-refractivity contribution in [1.82, 2.24) is 15.6 Å². The van der Waals surface area contributed by atoms with Crippen LogP contribution in [-0.2, 0) is 0 Å². The molecule has 0 atom stereocenters. The van der Waals surface area contributed by atoms with Crippen molar-refractivity contribution >= 4 is 33.7 Å². The Morgan fingerprint density at radius 2 is 2.12 bits per heavy atom. The van der Waals surface area contributed by atoms with E-state index < -0.39 is 0 Å². The highest BCUT2D eigenvalue weighted by molar-refractivity contribution is 9.10. The molecule has 4 rings (SSSR count). The van der Waals surface area contributed by atoms with Crippen LogP contribution in [0.25, 0.3) is 5.57 Å². The zero-order valence-electron chi connectivity index (χ0n) is 13.1. The summed E-state index contributed by atoms with van der Waals surface area (Å²) in [6, 6.07) is 4.43. The summed E-state index contributed by atoms with van der Waals surface area (Å²) in [4.78, 5) is 6.42. The first-order valence-corrected chi connectivity index (χ1v) is 8.62. The second-order valence-electron chi connectivity index (χ2n) is 5.72. The van der Waals surface area contributed by atoms with Gasteiger partial charge in [0.25, 0.3) is 11.8 Å². The molecule has 129 valence electrons. The topological polar surface area (TPSA) is 77.9 Å². The van der Waals surface area contributed by atoms with Gasteiger partial charge in [0.2, 0.25) is 0 Å². The fourth-order valence-corrected chi connectivity index (χ4v) is 3.06. The van der Waals surface area contributed by atoms with Gasteiger partial charge in [-0.3, -0.25) is 0 Å². The average Bonchev–Trinajstić information content (AvgIpc) is 3.30. The van der Waals surface area contributed by atoms with Gasteiger partial charge in [0.1, 0.15) is 17.7 Å². The molecule has 1 aromatic heterocycles. The van der Waals surface area contributed by atoms with Crippen LogP contribution >= 0.6 is 15.9 Å². The molecule has 25 heavy (non-hydrogen) atoms. The fraction of sp³-hybridized carbons (Fsp3) is 0.312. The normalized spacial score (nSPS) is 17.5. The number of hydrogen-bond donors (Lipinski definition) is 0. The monoisotopic (exact) mass is 406 g/mol. The number of aromatic nitrogens is 2. The van der Waals surface area contributed by atoms with Gasteiger partial charge < -0.3 is 14.2 Å². The molecule has 0 saturated carbocycles. The first-order chi connectivity index (χ1) is 12.2. The Hall–Kier alpha value is -2.42. The molecule has 2 aliphatic heterocycles. The lowest BCUT2D eigenvalue weighted by molar-refractivity contribution is 0.168. The van der Waals surface area contributed by atoms with Crippen molar-refractivity contribution in [3.63, 3.8) is 0 Å².